The minimum absolute atomic E-state index is 0.0119. The Labute approximate surface area is 120 Å². The second-order valence-corrected chi connectivity index (χ2v) is 8.75. The van der Waals surface area contributed by atoms with Gasteiger partial charge in [0.05, 0.1) is 14.8 Å². The molecule has 0 spiro atoms. The van der Waals surface area contributed by atoms with Gasteiger partial charge >= 0.3 is 0 Å². The fourth-order valence-electron chi connectivity index (χ4n) is 2.08. The van der Waals surface area contributed by atoms with E-state index in [0.29, 0.717) is 4.90 Å². The van der Waals surface area contributed by atoms with Gasteiger partial charge in [-0.1, -0.05) is 0 Å². The van der Waals surface area contributed by atoms with Gasteiger partial charge in [-0.2, -0.15) is 0 Å². The summed E-state index contributed by atoms with van der Waals surface area (Å²) in [4.78, 5) is 1.14. The van der Waals surface area contributed by atoms with Gasteiger partial charge in [0.25, 0.3) is 0 Å². The number of ether oxygens (including phenoxy) is 1. The van der Waals surface area contributed by atoms with Crippen molar-refractivity contribution < 1.29 is 13.2 Å². The van der Waals surface area contributed by atoms with E-state index in [-0.39, 0.29) is 12.1 Å². The van der Waals surface area contributed by atoms with Gasteiger partial charge in [-0.15, -0.1) is 11.3 Å². The molecule has 1 saturated heterocycles. The van der Waals surface area contributed by atoms with Crippen LogP contribution in [0.5, 0.6) is 0 Å². The zero-order valence-electron chi connectivity index (χ0n) is 10.3. The summed E-state index contributed by atoms with van der Waals surface area (Å²) in [6, 6.07) is 1.44. The summed E-state index contributed by atoms with van der Waals surface area (Å²) >= 11 is 4.73. The van der Waals surface area contributed by atoms with E-state index >= 15 is 0 Å². The Morgan fingerprint density at radius 1 is 1.61 bits per heavy atom. The fraction of sp³-hybridized carbons (Fsp3) is 0.636. The van der Waals surface area contributed by atoms with E-state index in [1.165, 1.54) is 11.3 Å². The number of rotatable bonds is 4. The summed E-state index contributed by atoms with van der Waals surface area (Å²) < 4.78 is 33.5. The lowest BCUT2D eigenvalue weighted by atomic mass is 10.1. The quantitative estimate of drug-likeness (QED) is 0.905. The number of aryl methyl sites for hydroxylation is 1. The average molecular weight is 354 g/mol. The molecule has 0 aliphatic carbocycles. The lowest BCUT2D eigenvalue weighted by Gasteiger charge is -2.19. The maximum absolute atomic E-state index is 12.3. The first-order valence-electron chi connectivity index (χ1n) is 5.80. The van der Waals surface area contributed by atoms with Crippen molar-refractivity contribution in [3.05, 3.63) is 14.7 Å². The topological polar surface area (TPSA) is 55.4 Å². The summed E-state index contributed by atoms with van der Waals surface area (Å²) in [5.74, 6) is 0. The number of thiophene rings is 1. The third kappa shape index (κ3) is 3.14. The van der Waals surface area contributed by atoms with Crippen molar-refractivity contribution >= 4 is 37.3 Å². The van der Waals surface area contributed by atoms with Crippen LogP contribution < -0.4 is 4.72 Å². The molecule has 4 nitrogen and oxygen atoms in total. The minimum Gasteiger partial charge on any atom is -0.377 e. The van der Waals surface area contributed by atoms with Crippen LogP contribution in [-0.4, -0.2) is 27.2 Å². The van der Waals surface area contributed by atoms with Crippen LogP contribution in [0.4, 0.5) is 0 Å². The maximum Gasteiger partial charge on any atom is 0.242 e. The maximum atomic E-state index is 12.3. The Morgan fingerprint density at radius 2 is 2.33 bits per heavy atom. The minimum atomic E-state index is -3.46. The predicted molar refractivity (Wildman–Crippen MR) is 75.5 cm³/mol. The summed E-state index contributed by atoms with van der Waals surface area (Å²) in [6.07, 6.45) is 1.90. The Morgan fingerprint density at radius 3 is 2.83 bits per heavy atom. The van der Waals surface area contributed by atoms with Crippen LogP contribution in [0.25, 0.3) is 0 Å². The number of halogens is 1. The summed E-state index contributed by atoms with van der Waals surface area (Å²) in [7, 11) is -3.46. The molecule has 1 aliphatic rings. The number of hydrogen-bond acceptors (Lipinski definition) is 4. The first-order valence-corrected chi connectivity index (χ1v) is 8.89. The van der Waals surface area contributed by atoms with E-state index < -0.39 is 10.0 Å². The molecule has 102 valence electrons. The van der Waals surface area contributed by atoms with Crippen molar-refractivity contribution in [3.63, 3.8) is 0 Å². The lowest BCUT2D eigenvalue weighted by molar-refractivity contribution is 0.0902. The molecule has 7 heteroatoms. The van der Waals surface area contributed by atoms with Gasteiger partial charge in [-0.3, -0.25) is 0 Å². The highest BCUT2D eigenvalue weighted by Crippen LogP contribution is 2.30. The van der Waals surface area contributed by atoms with Crippen LogP contribution in [0, 0.1) is 6.92 Å². The lowest BCUT2D eigenvalue weighted by Crippen LogP contribution is -2.40. The Bertz CT molecular complexity index is 520. The van der Waals surface area contributed by atoms with Gasteiger partial charge in [0.1, 0.15) is 0 Å². The van der Waals surface area contributed by atoms with Crippen LogP contribution in [0.3, 0.4) is 0 Å². The second kappa shape index (κ2) is 5.58. The molecule has 1 aromatic rings. The van der Waals surface area contributed by atoms with E-state index in [0.717, 1.165) is 28.1 Å². The van der Waals surface area contributed by atoms with E-state index in [9.17, 15) is 8.42 Å². The summed E-state index contributed by atoms with van der Waals surface area (Å²) in [5, 5.41) is 0. The molecule has 1 fully saturated rings. The largest absolute Gasteiger partial charge is 0.377 e. The van der Waals surface area contributed by atoms with Crippen LogP contribution >= 0.6 is 27.3 Å². The number of nitrogens with one attached hydrogen (secondary N) is 1. The molecule has 2 rings (SSSR count). The summed E-state index contributed by atoms with van der Waals surface area (Å²) in [6.45, 7) is 4.38. The number of sulfonamides is 1. The SMILES string of the molecule is Cc1sc(Br)cc1S(=O)(=O)NC(C)C1CCCO1. The van der Waals surface area contributed by atoms with Gasteiger partial charge in [0, 0.05) is 17.5 Å². The van der Waals surface area contributed by atoms with Crippen LogP contribution in [0.15, 0.2) is 14.7 Å². The highest BCUT2D eigenvalue weighted by atomic mass is 79.9. The fourth-order valence-corrected chi connectivity index (χ4v) is 5.76. The standard InChI is InChI=1S/C11H16BrNO3S2/c1-7(9-4-3-5-16-9)13-18(14,15)10-6-11(12)17-8(10)2/h6-7,9,13H,3-5H2,1-2H3. The number of hydrogen-bond donors (Lipinski definition) is 1. The van der Waals surface area contributed by atoms with E-state index in [2.05, 4.69) is 20.7 Å². The van der Waals surface area contributed by atoms with Gasteiger partial charge in [-0.05, 0) is 48.7 Å². The molecule has 2 heterocycles. The van der Waals surface area contributed by atoms with E-state index in [1.54, 1.807) is 13.0 Å². The molecular weight excluding hydrogens is 338 g/mol. The monoisotopic (exact) mass is 353 g/mol. The van der Waals surface area contributed by atoms with Crippen molar-refractivity contribution in [3.8, 4) is 0 Å². The smallest absolute Gasteiger partial charge is 0.242 e. The molecule has 0 bridgehead atoms. The van der Waals surface area contributed by atoms with Gasteiger partial charge < -0.3 is 4.74 Å². The highest BCUT2D eigenvalue weighted by molar-refractivity contribution is 9.11. The third-order valence-corrected chi connectivity index (χ3v) is 6.36. The molecule has 2 atom stereocenters. The molecule has 0 amide bonds. The predicted octanol–water partition coefficient (Wildman–Crippen LogP) is 2.66. The van der Waals surface area contributed by atoms with Crippen molar-refractivity contribution in [1.82, 2.24) is 4.72 Å². The van der Waals surface area contributed by atoms with Crippen LogP contribution in [0.1, 0.15) is 24.6 Å². The van der Waals surface area contributed by atoms with Gasteiger partial charge in [0.15, 0.2) is 0 Å². The zero-order valence-corrected chi connectivity index (χ0v) is 13.5. The van der Waals surface area contributed by atoms with E-state index in [1.807, 2.05) is 6.92 Å². The third-order valence-electron chi connectivity index (χ3n) is 3.00. The van der Waals surface area contributed by atoms with Crippen molar-refractivity contribution in [2.24, 2.45) is 0 Å². The first kappa shape index (κ1) is 14.5. The molecular formula is C11H16BrNO3S2. The highest BCUT2D eigenvalue weighted by Gasteiger charge is 2.28. The molecule has 2 unspecified atom stereocenters. The molecule has 1 N–H and O–H groups in total. The molecule has 0 saturated carbocycles. The molecule has 18 heavy (non-hydrogen) atoms. The van der Waals surface area contributed by atoms with Crippen LogP contribution in [0.2, 0.25) is 0 Å². The molecule has 1 aliphatic heterocycles. The van der Waals surface area contributed by atoms with Crippen molar-refractivity contribution in [2.75, 3.05) is 6.61 Å². The molecule has 0 radical (unpaired) electrons. The normalized spacial score (nSPS) is 22.3. The molecule has 1 aromatic heterocycles. The first-order chi connectivity index (χ1) is 8.40. The Balaban J connectivity index is 2.14. The summed E-state index contributed by atoms with van der Waals surface area (Å²) in [5.41, 5.74) is 0. The van der Waals surface area contributed by atoms with E-state index in [4.69, 9.17) is 4.74 Å². The van der Waals surface area contributed by atoms with Crippen LogP contribution in [-0.2, 0) is 14.8 Å². The van der Waals surface area contributed by atoms with Gasteiger partial charge in [-0.25, -0.2) is 13.1 Å². The van der Waals surface area contributed by atoms with Gasteiger partial charge in [0.2, 0.25) is 10.0 Å². The average Bonchev–Trinajstić information content (AvgIpc) is 2.86. The zero-order chi connectivity index (χ0) is 13.3. The Hall–Kier alpha value is 0.0500. The second-order valence-electron chi connectivity index (χ2n) is 4.43. The Kier molecular flexibility index (Phi) is 4.48. The van der Waals surface area contributed by atoms with Crippen molar-refractivity contribution in [2.45, 2.75) is 43.7 Å². The van der Waals surface area contributed by atoms with Crippen molar-refractivity contribution in [1.29, 1.82) is 0 Å². The molecule has 0 aromatic carbocycles.